The average molecular weight is 287 g/mol. The van der Waals surface area contributed by atoms with Crippen molar-refractivity contribution in [1.29, 1.82) is 0 Å². The number of amides is 1. The van der Waals surface area contributed by atoms with E-state index < -0.39 is 16.4 Å². The van der Waals surface area contributed by atoms with Gasteiger partial charge in [-0.25, -0.2) is 0 Å². The van der Waals surface area contributed by atoms with Crippen LogP contribution in [0.25, 0.3) is 0 Å². The number of ether oxygens (including phenoxy) is 1. The van der Waals surface area contributed by atoms with Crippen molar-refractivity contribution in [2.45, 2.75) is 46.1 Å². The van der Waals surface area contributed by atoms with Gasteiger partial charge in [0.25, 0.3) is 5.91 Å². The average Bonchev–Trinajstić information content (AvgIpc) is 2.69. The van der Waals surface area contributed by atoms with Gasteiger partial charge in [0.05, 0.1) is 5.41 Å². The molecule has 4 nitrogen and oxygen atoms in total. The van der Waals surface area contributed by atoms with Gasteiger partial charge >= 0.3 is 5.97 Å². The molecule has 112 valence electrons. The molecule has 0 spiro atoms. The highest BCUT2D eigenvalue weighted by Gasteiger charge is 2.75. The second-order valence-corrected chi connectivity index (χ2v) is 7.00. The Bertz CT molecular complexity index is 637. The fourth-order valence-electron chi connectivity index (χ4n) is 3.70. The molecular weight excluding hydrogens is 266 g/mol. The summed E-state index contributed by atoms with van der Waals surface area (Å²) in [6.07, 6.45) is 1.28. The van der Waals surface area contributed by atoms with E-state index in [2.05, 4.69) is 5.32 Å². The van der Waals surface area contributed by atoms with Crippen LogP contribution in [0.3, 0.4) is 0 Å². The van der Waals surface area contributed by atoms with Crippen LogP contribution in [0.2, 0.25) is 0 Å². The standard InChI is InChI=1S/C17H21NO3/c1-11-6-5-7-12(10-11)18-13(19)17-9-8-16(4,14(20)21-17)15(17,2)3/h5-7,10H,8-9H2,1-4H3,(H,18,19)/t16-,17-/m1/s1. The van der Waals surface area contributed by atoms with Crippen molar-refractivity contribution in [3.05, 3.63) is 29.8 Å². The third kappa shape index (κ3) is 1.62. The van der Waals surface area contributed by atoms with Crippen molar-refractivity contribution in [2.24, 2.45) is 10.8 Å². The van der Waals surface area contributed by atoms with Gasteiger partial charge in [-0.05, 0) is 44.4 Å². The van der Waals surface area contributed by atoms with Crippen molar-refractivity contribution >= 4 is 17.6 Å². The second-order valence-electron chi connectivity index (χ2n) is 7.00. The molecule has 1 aliphatic carbocycles. The van der Waals surface area contributed by atoms with Crippen molar-refractivity contribution < 1.29 is 14.3 Å². The smallest absolute Gasteiger partial charge is 0.313 e. The Morgan fingerprint density at radius 3 is 2.48 bits per heavy atom. The molecule has 4 heteroatoms. The zero-order valence-electron chi connectivity index (χ0n) is 12.9. The first kappa shape index (κ1) is 14.1. The van der Waals surface area contributed by atoms with Gasteiger partial charge < -0.3 is 10.1 Å². The summed E-state index contributed by atoms with van der Waals surface area (Å²) in [6, 6.07) is 7.62. The molecule has 1 N–H and O–H groups in total. The molecule has 1 aromatic rings. The number of esters is 1. The Hall–Kier alpha value is -1.84. The number of hydrogen-bond acceptors (Lipinski definition) is 3. The van der Waals surface area contributed by atoms with Crippen molar-refractivity contribution in [3.8, 4) is 0 Å². The highest BCUT2D eigenvalue weighted by atomic mass is 16.6. The summed E-state index contributed by atoms with van der Waals surface area (Å²) in [5.74, 6) is -0.467. The van der Waals surface area contributed by atoms with Crippen molar-refractivity contribution in [2.75, 3.05) is 5.32 Å². The molecule has 2 atom stereocenters. The van der Waals surface area contributed by atoms with E-state index in [1.807, 2.05) is 52.0 Å². The molecular formula is C17H21NO3. The highest BCUT2D eigenvalue weighted by molar-refractivity contribution is 6.03. The first-order valence-corrected chi connectivity index (χ1v) is 7.34. The summed E-state index contributed by atoms with van der Waals surface area (Å²) < 4.78 is 5.58. The van der Waals surface area contributed by atoms with Gasteiger partial charge in [-0.3, -0.25) is 9.59 Å². The molecule has 2 aliphatic rings. The number of carbonyl (C=O) groups is 2. The Kier molecular flexibility index (Phi) is 2.75. The van der Waals surface area contributed by atoms with Crippen LogP contribution in [-0.2, 0) is 14.3 Å². The van der Waals surface area contributed by atoms with Crippen LogP contribution in [0.1, 0.15) is 39.2 Å². The topological polar surface area (TPSA) is 55.4 Å². The fraction of sp³-hybridized carbons (Fsp3) is 0.529. The molecule has 1 amide bonds. The van der Waals surface area contributed by atoms with E-state index >= 15 is 0 Å². The van der Waals surface area contributed by atoms with E-state index in [9.17, 15) is 9.59 Å². The Morgan fingerprint density at radius 1 is 1.24 bits per heavy atom. The minimum atomic E-state index is -1.05. The van der Waals surface area contributed by atoms with E-state index in [1.165, 1.54) is 0 Å². The number of anilines is 1. The maximum atomic E-state index is 12.8. The maximum absolute atomic E-state index is 12.8. The van der Waals surface area contributed by atoms with E-state index in [1.54, 1.807) is 0 Å². The predicted octanol–water partition coefficient (Wildman–Crippen LogP) is 3.06. The Morgan fingerprint density at radius 2 is 1.95 bits per heavy atom. The fourth-order valence-corrected chi connectivity index (χ4v) is 3.70. The van der Waals surface area contributed by atoms with E-state index in [0.717, 1.165) is 11.3 Å². The molecule has 1 aliphatic heterocycles. The van der Waals surface area contributed by atoms with Gasteiger partial charge in [0.1, 0.15) is 0 Å². The van der Waals surface area contributed by atoms with Crippen LogP contribution in [0.4, 0.5) is 5.69 Å². The molecule has 21 heavy (non-hydrogen) atoms. The summed E-state index contributed by atoms with van der Waals surface area (Å²) in [5.41, 5.74) is -0.323. The zero-order valence-corrected chi connectivity index (χ0v) is 12.9. The SMILES string of the molecule is Cc1cccc(NC(=O)[C@@]23CC[C@](C)(C(=O)O2)C3(C)C)c1. The van der Waals surface area contributed by atoms with Gasteiger partial charge in [-0.15, -0.1) is 0 Å². The molecule has 1 saturated carbocycles. The Labute approximate surface area is 124 Å². The van der Waals surface area contributed by atoms with Crippen molar-refractivity contribution in [1.82, 2.24) is 0 Å². The van der Waals surface area contributed by atoms with Gasteiger partial charge in [-0.1, -0.05) is 26.0 Å². The van der Waals surface area contributed by atoms with Crippen LogP contribution < -0.4 is 5.32 Å². The van der Waals surface area contributed by atoms with Gasteiger partial charge in [0.15, 0.2) is 5.60 Å². The molecule has 1 saturated heterocycles. The number of carbonyl (C=O) groups excluding carboxylic acids is 2. The summed E-state index contributed by atoms with van der Waals surface area (Å²) in [6.45, 7) is 7.80. The lowest BCUT2D eigenvalue weighted by atomic mass is 9.66. The highest BCUT2D eigenvalue weighted by Crippen LogP contribution is 2.65. The summed E-state index contributed by atoms with van der Waals surface area (Å²) in [5, 5.41) is 2.92. The lowest BCUT2D eigenvalue weighted by Crippen LogP contribution is -2.50. The minimum absolute atomic E-state index is 0.215. The van der Waals surface area contributed by atoms with Crippen molar-refractivity contribution in [3.63, 3.8) is 0 Å². The predicted molar refractivity (Wildman–Crippen MR) is 79.8 cm³/mol. The van der Waals surface area contributed by atoms with Crippen LogP contribution >= 0.6 is 0 Å². The third-order valence-corrected chi connectivity index (χ3v) is 5.73. The molecule has 0 aromatic heterocycles. The first-order chi connectivity index (χ1) is 9.73. The molecule has 2 bridgehead atoms. The van der Waals surface area contributed by atoms with E-state index in [4.69, 9.17) is 4.74 Å². The van der Waals surface area contributed by atoms with Crippen LogP contribution in [0.5, 0.6) is 0 Å². The van der Waals surface area contributed by atoms with Gasteiger partial charge in [-0.2, -0.15) is 0 Å². The third-order valence-electron chi connectivity index (χ3n) is 5.73. The summed E-state index contributed by atoms with van der Waals surface area (Å²) in [7, 11) is 0. The molecule has 0 unspecified atom stereocenters. The minimum Gasteiger partial charge on any atom is -0.448 e. The lowest BCUT2D eigenvalue weighted by Gasteiger charge is -2.35. The molecule has 1 heterocycles. The van der Waals surface area contributed by atoms with E-state index in [0.29, 0.717) is 12.8 Å². The normalized spacial score (nSPS) is 32.9. The summed E-state index contributed by atoms with van der Waals surface area (Å²) >= 11 is 0. The molecule has 0 radical (unpaired) electrons. The Balaban J connectivity index is 1.93. The number of fused-ring (bicyclic) bond motifs is 2. The molecule has 2 fully saturated rings. The number of benzene rings is 1. The molecule has 1 aromatic carbocycles. The second kappa shape index (κ2) is 4.09. The van der Waals surface area contributed by atoms with E-state index in [-0.39, 0.29) is 11.9 Å². The number of aryl methyl sites for hydroxylation is 1. The summed E-state index contributed by atoms with van der Waals surface area (Å²) in [4.78, 5) is 25.0. The lowest BCUT2D eigenvalue weighted by molar-refractivity contribution is -0.165. The number of rotatable bonds is 2. The molecule has 3 rings (SSSR count). The first-order valence-electron chi connectivity index (χ1n) is 7.34. The van der Waals surface area contributed by atoms with Gasteiger partial charge in [0, 0.05) is 11.1 Å². The largest absolute Gasteiger partial charge is 0.448 e. The maximum Gasteiger partial charge on any atom is 0.313 e. The van der Waals surface area contributed by atoms with Gasteiger partial charge in [0.2, 0.25) is 0 Å². The van der Waals surface area contributed by atoms with Crippen LogP contribution in [0.15, 0.2) is 24.3 Å². The monoisotopic (exact) mass is 287 g/mol. The zero-order chi connectivity index (χ0) is 15.5. The number of nitrogens with one attached hydrogen (secondary N) is 1. The number of hydrogen-bond donors (Lipinski definition) is 1. The quantitative estimate of drug-likeness (QED) is 0.851. The van der Waals surface area contributed by atoms with Crippen LogP contribution in [0, 0.1) is 17.8 Å². The van der Waals surface area contributed by atoms with Crippen LogP contribution in [-0.4, -0.2) is 17.5 Å².